The molecule has 0 N–H and O–H groups in total. The van der Waals surface area contributed by atoms with E-state index in [2.05, 4.69) is 75.0 Å². The Hall–Kier alpha value is -1.29. The first-order valence-electron chi connectivity index (χ1n) is 8.23. The van der Waals surface area contributed by atoms with E-state index < -0.39 is 0 Å². The van der Waals surface area contributed by atoms with Crippen LogP contribution in [0.25, 0.3) is 11.1 Å². The lowest BCUT2D eigenvalue weighted by Crippen LogP contribution is -2.04. The molecule has 3 heteroatoms. The molecule has 0 aliphatic rings. The molecule has 2 nitrogen and oxygen atoms in total. The number of rotatable bonds is 9. The summed E-state index contributed by atoms with van der Waals surface area (Å²) in [6, 6.07) is 17.1. The van der Waals surface area contributed by atoms with Crippen molar-refractivity contribution < 1.29 is 9.47 Å². The second-order valence-electron chi connectivity index (χ2n) is 5.66. The van der Waals surface area contributed by atoms with Gasteiger partial charge in [0.25, 0.3) is 0 Å². The highest BCUT2D eigenvalue weighted by Gasteiger charge is 2.02. The van der Waals surface area contributed by atoms with E-state index in [1.807, 2.05) is 0 Å². The largest absolute Gasteiger partial charge is 0.379 e. The van der Waals surface area contributed by atoms with Gasteiger partial charge in [0, 0.05) is 11.9 Å². The smallest absolute Gasteiger partial charge is 0.0718 e. The predicted octanol–water partition coefficient (Wildman–Crippen LogP) is 5.29. The van der Waals surface area contributed by atoms with E-state index in [-0.39, 0.29) is 5.25 Å². The molecule has 0 saturated carbocycles. The maximum Gasteiger partial charge on any atom is 0.0718 e. The molecule has 0 aliphatic carbocycles. The highest BCUT2D eigenvalue weighted by Crippen LogP contribution is 2.24. The predicted molar refractivity (Wildman–Crippen MR) is 100 cm³/mol. The second kappa shape index (κ2) is 9.76. The molecule has 2 aromatic rings. The Bertz CT molecular complexity index is 561. The summed E-state index contributed by atoms with van der Waals surface area (Å²) in [6.07, 6.45) is 1.05. The van der Waals surface area contributed by atoms with Crippen molar-refractivity contribution in [1.29, 1.82) is 0 Å². The molecule has 0 saturated heterocycles. The maximum atomic E-state index is 5.62. The molecule has 2 aromatic carbocycles. The van der Waals surface area contributed by atoms with Gasteiger partial charge in [-0.25, -0.2) is 0 Å². The Morgan fingerprint density at radius 2 is 1.39 bits per heavy atom. The Balaban J connectivity index is 1.84. The first kappa shape index (κ1) is 18.1. The number of ether oxygens (including phenoxy) is 2. The number of benzene rings is 2. The SMILES string of the molecule is CCCOCCOCc1ccc(-c2ccc(C(C)S)cc2)cc1. The summed E-state index contributed by atoms with van der Waals surface area (Å²) in [5.41, 5.74) is 4.87. The van der Waals surface area contributed by atoms with Crippen molar-refractivity contribution in [2.24, 2.45) is 0 Å². The van der Waals surface area contributed by atoms with Crippen LogP contribution in [0.2, 0.25) is 0 Å². The monoisotopic (exact) mass is 330 g/mol. The zero-order valence-electron chi connectivity index (χ0n) is 14.0. The molecule has 0 spiro atoms. The van der Waals surface area contributed by atoms with Crippen LogP contribution >= 0.6 is 12.6 Å². The molecule has 23 heavy (non-hydrogen) atoms. The zero-order valence-corrected chi connectivity index (χ0v) is 14.9. The van der Waals surface area contributed by atoms with E-state index in [0.717, 1.165) is 13.0 Å². The van der Waals surface area contributed by atoms with Gasteiger partial charge in [0.1, 0.15) is 0 Å². The average molecular weight is 330 g/mol. The molecular weight excluding hydrogens is 304 g/mol. The first-order chi connectivity index (χ1) is 11.2. The lowest BCUT2D eigenvalue weighted by molar-refractivity contribution is 0.0408. The topological polar surface area (TPSA) is 18.5 Å². The van der Waals surface area contributed by atoms with Crippen LogP contribution in [-0.4, -0.2) is 19.8 Å². The quantitative estimate of drug-likeness (QED) is 0.497. The summed E-state index contributed by atoms with van der Waals surface area (Å²) in [4.78, 5) is 0. The van der Waals surface area contributed by atoms with Crippen molar-refractivity contribution in [2.45, 2.75) is 32.1 Å². The van der Waals surface area contributed by atoms with Gasteiger partial charge in [-0.05, 0) is 35.6 Å². The Morgan fingerprint density at radius 1 is 0.826 bits per heavy atom. The fraction of sp³-hybridized carbons (Fsp3) is 0.400. The molecule has 0 aromatic heterocycles. The van der Waals surface area contributed by atoms with Crippen LogP contribution in [0.15, 0.2) is 48.5 Å². The number of hydrogen-bond donors (Lipinski definition) is 1. The molecule has 1 unspecified atom stereocenters. The average Bonchev–Trinajstić information content (AvgIpc) is 2.58. The normalized spacial score (nSPS) is 12.3. The molecule has 0 radical (unpaired) electrons. The van der Waals surface area contributed by atoms with Crippen LogP contribution in [0.1, 0.15) is 36.6 Å². The standard InChI is InChI=1S/C20H26O2S/c1-3-12-21-13-14-22-15-17-4-6-19(7-5-17)20-10-8-18(9-11-20)16(2)23/h4-11,16,23H,3,12-15H2,1-2H3. The van der Waals surface area contributed by atoms with E-state index >= 15 is 0 Å². The van der Waals surface area contributed by atoms with Gasteiger partial charge in [0.15, 0.2) is 0 Å². The molecule has 124 valence electrons. The van der Waals surface area contributed by atoms with Crippen molar-refractivity contribution in [3.8, 4) is 11.1 Å². The lowest BCUT2D eigenvalue weighted by atomic mass is 10.0. The lowest BCUT2D eigenvalue weighted by Gasteiger charge is -2.08. The molecule has 0 aliphatic heterocycles. The summed E-state index contributed by atoms with van der Waals surface area (Å²) < 4.78 is 11.0. The van der Waals surface area contributed by atoms with Crippen LogP contribution in [0.5, 0.6) is 0 Å². The second-order valence-corrected chi connectivity index (χ2v) is 6.43. The summed E-state index contributed by atoms with van der Waals surface area (Å²) in [5.74, 6) is 0. The summed E-state index contributed by atoms with van der Waals surface area (Å²) in [5, 5.41) is 0.268. The molecule has 1 atom stereocenters. The van der Waals surface area contributed by atoms with Crippen molar-refractivity contribution in [3.63, 3.8) is 0 Å². The molecule has 0 bridgehead atoms. The number of thiol groups is 1. The first-order valence-corrected chi connectivity index (χ1v) is 8.75. The molecule has 2 rings (SSSR count). The van der Waals surface area contributed by atoms with E-state index in [0.29, 0.717) is 19.8 Å². The molecule has 0 heterocycles. The number of hydrogen-bond acceptors (Lipinski definition) is 3. The van der Waals surface area contributed by atoms with Crippen molar-refractivity contribution in [3.05, 3.63) is 59.7 Å². The van der Waals surface area contributed by atoms with Crippen molar-refractivity contribution in [1.82, 2.24) is 0 Å². The van der Waals surface area contributed by atoms with Gasteiger partial charge in [-0.15, -0.1) is 0 Å². The highest BCUT2D eigenvalue weighted by atomic mass is 32.1. The fourth-order valence-corrected chi connectivity index (χ4v) is 2.47. The van der Waals surface area contributed by atoms with Crippen LogP contribution in [-0.2, 0) is 16.1 Å². The van der Waals surface area contributed by atoms with Crippen molar-refractivity contribution in [2.75, 3.05) is 19.8 Å². The molecule has 0 fully saturated rings. The maximum absolute atomic E-state index is 5.62. The minimum atomic E-state index is 0.268. The highest BCUT2D eigenvalue weighted by molar-refractivity contribution is 7.80. The van der Waals surface area contributed by atoms with Crippen LogP contribution in [0.4, 0.5) is 0 Å². The van der Waals surface area contributed by atoms with Crippen LogP contribution in [0.3, 0.4) is 0 Å². The Labute approximate surface area is 145 Å². The van der Waals surface area contributed by atoms with E-state index in [1.54, 1.807) is 0 Å². The van der Waals surface area contributed by atoms with E-state index in [1.165, 1.54) is 22.3 Å². The molecule has 0 amide bonds. The van der Waals surface area contributed by atoms with Gasteiger partial charge in [0.05, 0.1) is 19.8 Å². The van der Waals surface area contributed by atoms with Gasteiger partial charge in [0.2, 0.25) is 0 Å². The summed E-state index contributed by atoms with van der Waals surface area (Å²) >= 11 is 4.46. The molecular formula is C20H26O2S. The van der Waals surface area contributed by atoms with Gasteiger partial charge in [-0.2, -0.15) is 12.6 Å². The van der Waals surface area contributed by atoms with Crippen LogP contribution < -0.4 is 0 Å². The van der Waals surface area contributed by atoms with Gasteiger partial charge < -0.3 is 9.47 Å². The van der Waals surface area contributed by atoms with Crippen molar-refractivity contribution >= 4 is 12.6 Å². The minimum Gasteiger partial charge on any atom is -0.379 e. The Morgan fingerprint density at radius 3 is 1.96 bits per heavy atom. The Kier molecular flexibility index (Phi) is 7.66. The zero-order chi connectivity index (χ0) is 16.5. The minimum absolute atomic E-state index is 0.268. The summed E-state index contributed by atoms with van der Waals surface area (Å²) in [6.45, 7) is 6.94. The van der Waals surface area contributed by atoms with Gasteiger partial charge >= 0.3 is 0 Å². The van der Waals surface area contributed by atoms with Gasteiger partial charge in [-0.3, -0.25) is 0 Å². The van der Waals surface area contributed by atoms with E-state index in [4.69, 9.17) is 9.47 Å². The summed E-state index contributed by atoms with van der Waals surface area (Å²) in [7, 11) is 0. The fourth-order valence-electron chi connectivity index (χ4n) is 2.30. The third kappa shape index (κ3) is 6.02. The third-order valence-electron chi connectivity index (χ3n) is 3.67. The van der Waals surface area contributed by atoms with E-state index in [9.17, 15) is 0 Å². The van der Waals surface area contributed by atoms with Gasteiger partial charge in [-0.1, -0.05) is 55.5 Å². The van der Waals surface area contributed by atoms with Crippen LogP contribution in [0, 0.1) is 0 Å². The third-order valence-corrected chi connectivity index (χ3v) is 3.97.